The van der Waals surface area contributed by atoms with Crippen molar-refractivity contribution in [2.24, 2.45) is 0 Å². The van der Waals surface area contributed by atoms with E-state index in [2.05, 4.69) is 0 Å². The van der Waals surface area contributed by atoms with Gasteiger partial charge in [-0.3, -0.25) is 0 Å². The van der Waals surface area contributed by atoms with Gasteiger partial charge in [0.25, 0.3) is 0 Å². The average Bonchev–Trinajstić information content (AvgIpc) is 2.32. The summed E-state index contributed by atoms with van der Waals surface area (Å²) in [5, 5.41) is 29.5. The summed E-state index contributed by atoms with van der Waals surface area (Å²) in [7, 11) is 0. The lowest BCUT2D eigenvalue weighted by molar-refractivity contribution is 0.404. The van der Waals surface area contributed by atoms with Crippen molar-refractivity contribution in [1.82, 2.24) is 0 Å². The Bertz CT molecular complexity index is 616. The molecule has 0 saturated heterocycles. The largest absolute Gasteiger partial charge is 0.507 e. The van der Waals surface area contributed by atoms with Crippen molar-refractivity contribution in [2.75, 3.05) is 0 Å². The average molecular weight is 244 g/mol. The number of aryl methyl sites for hydroxylation is 1. The molecule has 0 unspecified atom stereocenters. The molecule has 0 aliphatic rings. The van der Waals surface area contributed by atoms with E-state index in [1.807, 2.05) is 20.8 Å². The van der Waals surface area contributed by atoms with E-state index in [0.717, 1.165) is 16.7 Å². The predicted molar refractivity (Wildman–Crippen MR) is 71.1 cm³/mol. The van der Waals surface area contributed by atoms with Crippen LogP contribution in [0.5, 0.6) is 17.2 Å². The monoisotopic (exact) mass is 244 g/mol. The summed E-state index contributed by atoms with van der Waals surface area (Å²) in [4.78, 5) is 0. The van der Waals surface area contributed by atoms with Gasteiger partial charge in [-0.05, 0) is 49.6 Å². The Hall–Kier alpha value is -2.16. The van der Waals surface area contributed by atoms with Crippen molar-refractivity contribution < 1.29 is 15.3 Å². The third kappa shape index (κ3) is 1.78. The highest BCUT2D eigenvalue weighted by Gasteiger charge is 2.16. The van der Waals surface area contributed by atoms with Crippen LogP contribution in [0.25, 0.3) is 11.1 Å². The minimum Gasteiger partial charge on any atom is -0.507 e. The normalized spacial score (nSPS) is 10.6. The highest BCUT2D eigenvalue weighted by atomic mass is 16.3. The van der Waals surface area contributed by atoms with Crippen molar-refractivity contribution in [3.63, 3.8) is 0 Å². The lowest BCUT2D eigenvalue weighted by Gasteiger charge is -2.15. The molecule has 0 radical (unpaired) electrons. The van der Waals surface area contributed by atoms with Crippen LogP contribution in [-0.4, -0.2) is 15.3 Å². The molecule has 18 heavy (non-hydrogen) atoms. The first kappa shape index (κ1) is 12.3. The first-order chi connectivity index (χ1) is 8.43. The second kappa shape index (κ2) is 4.26. The Balaban J connectivity index is 2.80. The standard InChI is InChI=1S/C15H16O3/c1-8-7-13(17)14(10(3)9(8)2)11-5-4-6-12(16)15(11)18/h4-7,16-18H,1-3H3. The molecule has 0 aromatic heterocycles. The number of benzene rings is 2. The number of phenolic OH excluding ortho intramolecular Hbond substituents is 3. The van der Waals surface area contributed by atoms with Gasteiger partial charge in [0, 0.05) is 11.1 Å². The van der Waals surface area contributed by atoms with Crippen LogP contribution < -0.4 is 0 Å². The second-order valence-corrected chi connectivity index (χ2v) is 4.51. The Morgan fingerprint density at radius 1 is 0.833 bits per heavy atom. The first-order valence-electron chi connectivity index (χ1n) is 5.74. The molecule has 3 nitrogen and oxygen atoms in total. The fourth-order valence-electron chi connectivity index (χ4n) is 2.13. The van der Waals surface area contributed by atoms with Gasteiger partial charge in [-0.25, -0.2) is 0 Å². The lowest BCUT2D eigenvalue weighted by atomic mass is 9.92. The van der Waals surface area contributed by atoms with E-state index >= 15 is 0 Å². The van der Waals surface area contributed by atoms with Crippen LogP contribution in [-0.2, 0) is 0 Å². The Morgan fingerprint density at radius 2 is 1.50 bits per heavy atom. The molecule has 0 bridgehead atoms. The van der Waals surface area contributed by atoms with Crippen molar-refractivity contribution >= 4 is 0 Å². The zero-order chi connectivity index (χ0) is 13.4. The summed E-state index contributed by atoms with van der Waals surface area (Å²) in [6.45, 7) is 5.78. The van der Waals surface area contributed by atoms with E-state index in [1.54, 1.807) is 18.2 Å². The summed E-state index contributed by atoms with van der Waals surface area (Å²) in [5.41, 5.74) is 3.95. The summed E-state index contributed by atoms with van der Waals surface area (Å²) in [6, 6.07) is 6.39. The van der Waals surface area contributed by atoms with Gasteiger partial charge in [0.2, 0.25) is 0 Å². The van der Waals surface area contributed by atoms with Crippen LogP contribution in [0.4, 0.5) is 0 Å². The molecule has 2 aromatic rings. The summed E-state index contributed by atoms with van der Waals surface area (Å²) < 4.78 is 0. The van der Waals surface area contributed by atoms with Crippen molar-refractivity contribution in [2.45, 2.75) is 20.8 Å². The van der Waals surface area contributed by atoms with Crippen LogP contribution in [0.3, 0.4) is 0 Å². The Morgan fingerprint density at radius 3 is 2.17 bits per heavy atom. The third-order valence-electron chi connectivity index (χ3n) is 3.42. The molecule has 0 atom stereocenters. The molecule has 0 amide bonds. The quantitative estimate of drug-likeness (QED) is 0.674. The van der Waals surface area contributed by atoms with Gasteiger partial charge in [-0.1, -0.05) is 12.1 Å². The van der Waals surface area contributed by atoms with Crippen molar-refractivity contribution in [3.05, 3.63) is 41.0 Å². The van der Waals surface area contributed by atoms with Crippen molar-refractivity contribution in [1.29, 1.82) is 0 Å². The molecule has 0 saturated carbocycles. The van der Waals surface area contributed by atoms with Crippen LogP contribution in [0.1, 0.15) is 16.7 Å². The van der Waals surface area contributed by atoms with E-state index < -0.39 is 0 Å². The molecule has 2 rings (SSSR count). The number of phenols is 3. The molecule has 94 valence electrons. The van der Waals surface area contributed by atoms with Gasteiger partial charge >= 0.3 is 0 Å². The van der Waals surface area contributed by atoms with Gasteiger partial charge < -0.3 is 15.3 Å². The molecule has 0 spiro atoms. The molecule has 2 aromatic carbocycles. The number of hydrogen-bond acceptors (Lipinski definition) is 3. The number of para-hydroxylation sites is 1. The number of rotatable bonds is 1. The van der Waals surface area contributed by atoms with Gasteiger partial charge in [-0.2, -0.15) is 0 Å². The topological polar surface area (TPSA) is 60.7 Å². The fourth-order valence-corrected chi connectivity index (χ4v) is 2.13. The Kier molecular flexibility index (Phi) is 2.91. The third-order valence-corrected chi connectivity index (χ3v) is 3.42. The molecule has 0 aliphatic heterocycles. The number of aromatic hydroxyl groups is 3. The minimum atomic E-state index is -0.209. The highest BCUT2D eigenvalue weighted by molar-refractivity contribution is 5.81. The predicted octanol–water partition coefficient (Wildman–Crippen LogP) is 3.40. The van der Waals surface area contributed by atoms with Crippen LogP contribution in [0.2, 0.25) is 0 Å². The maximum Gasteiger partial charge on any atom is 0.165 e. The zero-order valence-corrected chi connectivity index (χ0v) is 10.7. The molecule has 3 N–H and O–H groups in total. The van der Waals surface area contributed by atoms with E-state index in [1.165, 1.54) is 6.07 Å². The van der Waals surface area contributed by atoms with Gasteiger partial charge in [0.15, 0.2) is 11.5 Å². The second-order valence-electron chi connectivity index (χ2n) is 4.51. The lowest BCUT2D eigenvalue weighted by Crippen LogP contribution is -1.92. The van der Waals surface area contributed by atoms with Gasteiger partial charge in [-0.15, -0.1) is 0 Å². The molecular formula is C15H16O3. The highest BCUT2D eigenvalue weighted by Crippen LogP contribution is 2.43. The van der Waals surface area contributed by atoms with Crippen LogP contribution in [0.15, 0.2) is 24.3 Å². The smallest absolute Gasteiger partial charge is 0.165 e. The molecule has 0 aliphatic carbocycles. The first-order valence-corrected chi connectivity index (χ1v) is 5.74. The number of hydrogen-bond donors (Lipinski definition) is 3. The summed E-state index contributed by atoms with van der Waals surface area (Å²) in [5.74, 6) is -0.291. The SMILES string of the molecule is Cc1cc(O)c(-c2cccc(O)c2O)c(C)c1C. The van der Waals surface area contributed by atoms with E-state index in [9.17, 15) is 15.3 Å². The van der Waals surface area contributed by atoms with Crippen LogP contribution in [0, 0.1) is 20.8 Å². The van der Waals surface area contributed by atoms with E-state index in [4.69, 9.17) is 0 Å². The molecular weight excluding hydrogens is 228 g/mol. The Labute approximate surface area is 106 Å². The van der Waals surface area contributed by atoms with Gasteiger partial charge in [0.05, 0.1) is 0 Å². The summed E-state index contributed by atoms with van der Waals surface area (Å²) >= 11 is 0. The zero-order valence-electron chi connectivity index (χ0n) is 10.7. The van der Waals surface area contributed by atoms with E-state index in [-0.39, 0.29) is 17.2 Å². The molecule has 0 heterocycles. The van der Waals surface area contributed by atoms with Crippen LogP contribution >= 0.6 is 0 Å². The maximum absolute atomic E-state index is 10.1. The maximum atomic E-state index is 10.1. The molecule has 0 fully saturated rings. The minimum absolute atomic E-state index is 0.108. The van der Waals surface area contributed by atoms with E-state index in [0.29, 0.717) is 11.1 Å². The fraction of sp³-hybridized carbons (Fsp3) is 0.200. The molecule has 3 heteroatoms. The van der Waals surface area contributed by atoms with Gasteiger partial charge in [0.1, 0.15) is 5.75 Å². The summed E-state index contributed by atoms with van der Waals surface area (Å²) in [6.07, 6.45) is 0. The van der Waals surface area contributed by atoms with Crippen molar-refractivity contribution in [3.8, 4) is 28.4 Å².